The summed E-state index contributed by atoms with van der Waals surface area (Å²) in [6.45, 7) is 1.55. The Morgan fingerprint density at radius 3 is 2.72 bits per heavy atom. The molecular weight excluding hydrogens is 362 g/mol. The number of sulfonamides is 1. The van der Waals surface area contributed by atoms with E-state index in [-0.39, 0.29) is 23.9 Å². The Bertz CT molecular complexity index is 811. The van der Waals surface area contributed by atoms with Gasteiger partial charge in [0, 0.05) is 13.1 Å². The van der Waals surface area contributed by atoms with Gasteiger partial charge in [-0.15, -0.1) is 0 Å². The van der Waals surface area contributed by atoms with Crippen LogP contribution in [0.25, 0.3) is 0 Å². The molecule has 1 saturated heterocycles. The monoisotopic (exact) mass is 381 g/mol. The van der Waals surface area contributed by atoms with Crippen molar-refractivity contribution < 1.29 is 22.7 Å². The van der Waals surface area contributed by atoms with Crippen LogP contribution in [0, 0.1) is 0 Å². The number of nitrogens with zero attached hydrogens (tertiary/aromatic N) is 1. The van der Waals surface area contributed by atoms with Gasteiger partial charge in [0.2, 0.25) is 10.0 Å². The highest BCUT2D eigenvalue weighted by Gasteiger charge is 2.26. The van der Waals surface area contributed by atoms with Crippen molar-refractivity contribution in [3.05, 3.63) is 52.2 Å². The number of rotatable bonds is 6. The molecule has 1 aliphatic rings. The fourth-order valence-corrected chi connectivity index (χ4v) is 4.65. The lowest BCUT2D eigenvalue weighted by molar-refractivity contribution is -0.144. The molecule has 1 aliphatic heterocycles. The number of thiophene rings is 1. The second-order valence-corrected chi connectivity index (χ2v) is 8.35. The molecule has 0 radical (unpaired) electrons. The van der Waals surface area contributed by atoms with E-state index in [1.165, 1.54) is 15.6 Å². The van der Waals surface area contributed by atoms with Gasteiger partial charge < -0.3 is 9.47 Å². The van der Waals surface area contributed by atoms with Gasteiger partial charge in [-0.3, -0.25) is 4.79 Å². The second-order valence-electron chi connectivity index (χ2n) is 5.63. The highest BCUT2D eigenvalue weighted by atomic mass is 32.2. The third kappa shape index (κ3) is 4.66. The maximum Gasteiger partial charge on any atom is 0.310 e. The largest absolute Gasteiger partial charge is 0.461 e. The summed E-state index contributed by atoms with van der Waals surface area (Å²) in [5.41, 5.74) is 1.56. The van der Waals surface area contributed by atoms with E-state index in [0.29, 0.717) is 31.9 Å². The number of esters is 1. The molecule has 0 saturated carbocycles. The van der Waals surface area contributed by atoms with Gasteiger partial charge in [0.25, 0.3) is 0 Å². The average Bonchev–Trinajstić information content (AvgIpc) is 3.14. The summed E-state index contributed by atoms with van der Waals surface area (Å²) >= 11 is 1.53. The van der Waals surface area contributed by atoms with Crippen LogP contribution in [0.3, 0.4) is 0 Å². The third-order valence-electron chi connectivity index (χ3n) is 3.83. The van der Waals surface area contributed by atoms with Crippen LogP contribution in [0.15, 0.2) is 46.0 Å². The fraction of sp³-hybridized carbons (Fsp3) is 0.353. The van der Waals surface area contributed by atoms with Gasteiger partial charge in [-0.1, -0.05) is 12.1 Å². The fourth-order valence-electron chi connectivity index (χ4n) is 2.51. The van der Waals surface area contributed by atoms with Gasteiger partial charge in [-0.2, -0.15) is 15.6 Å². The molecule has 1 aromatic heterocycles. The summed E-state index contributed by atoms with van der Waals surface area (Å²) < 4.78 is 37.2. The normalized spacial score (nSPS) is 15.8. The van der Waals surface area contributed by atoms with Crippen LogP contribution in [0.2, 0.25) is 0 Å². The summed E-state index contributed by atoms with van der Waals surface area (Å²) in [5, 5.41) is 3.80. The highest BCUT2D eigenvalue weighted by Crippen LogP contribution is 2.19. The zero-order chi connectivity index (χ0) is 17.7. The van der Waals surface area contributed by atoms with E-state index >= 15 is 0 Å². The van der Waals surface area contributed by atoms with E-state index in [4.69, 9.17) is 9.47 Å². The molecule has 0 N–H and O–H groups in total. The molecule has 2 aromatic rings. The molecule has 0 aliphatic carbocycles. The third-order valence-corrected chi connectivity index (χ3v) is 6.46. The average molecular weight is 381 g/mol. The van der Waals surface area contributed by atoms with E-state index in [9.17, 15) is 13.2 Å². The van der Waals surface area contributed by atoms with Crippen LogP contribution < -0.4 is 0 Å². The van der Waals surface area contributed by atoms with E-state index in [0.717, 1.165) is 5.56 Å². The molecule has 6 nitrogen and oxygen atoms in total. The number of carbonyl (C=O) groups excluding carboxylic acids is 1. The maximum atomic E-state index is 12.7. The second kappa shape index (κ2) is 8.09. The summed E-state index contributed by atoms with van der Waals surface area (Å²) in [6.07, 6.45) is 0.218. The van der Waals surface area contributed by atoms with Crippen LogP contribution in [0.5, 0.6) is 0 Å². The molecule has 0 unspecified atom stereocenters. The zero-order valence-corrected chi connectivity index (χ0v) is 15.2. The molecule has 134 valence electrons. The number of hydrogen-bond acceptors (Lipinski definition) is 6. The van der Waals surface area contributed by atoms with E-state index < -0.39 is 10.0 Å². The van der Waals surface area contributed by atoms with Crippen molar-refractivity contribution in [3.63, 3.8) is 0 Å². The van der Waals surface area contributed by atoms with Crippen LogP contribution in [-0.2, 0) is 37.3 Å². The minimum atomic E-state index is -3.55. The number of morpholine rings is 1. The zero-order valence-electron chi connectivity index (χ0n) is 13.6. The first kappa shape index (κ1) is 18.1. The highest BCUT2D eigenvalue weighted by molar-refractivity contribution is 7.89. The maximum absolute atomic E-state index is 12.7. The molecule has 2 heterocycles. The standard InChI is InChI=1S/C17H19NO5S2/c19-17(11-15-4-9-24-13-15)23-12-14-2-1-3-16(10-14)25(20,21)18-5-7-22-8-6-18/h1-4,9-10,13H,5-8,11-12H2. The van der Waals surface area contributed by atoms with Crippen molar-refractivity contribution in [1.82, 2.24) is 4.31 Å². The van der Waals surface area contributed by atoms with Gasteiger partial charge in [0.15, 0.2) is 0 Å². The Labute approximate surface area is 151 Å². The molecule has 8 heteroatoms. The Hall–Kier alpha value is -1.74. The van der Waals surface area contributed by atoms with E-state index in [1.807, 2.05) is 16.8 Å². The Morgan fingerprint density at radius 1 is 1.20 bits per heavy atom. The van der Waals surface area contributed by atoms with Crippen molar-refractivity contribution in [2.24, 2.45) is 0 Å². The van der Waals surface area contributed by atoms with Crippen LogP contribution in [0.1, 0.15) is 11.1 Å². The SMILES string of the molecule is O=C(Cc1ccsc1)OCc1cccc(S(=O)(=O)N2CCOCC2)c1. The van der Waals surface area contributed by atoms with E-state index in [1.54, 1.807) is 24.3 Å². The smallest absolute Gasteiger partial charge is 0.310 e. The summed E-state index contributed by atoms with van der Waals surface area (Å²) in [4.78, 5) is 12.1. The van der Waals surface area contributed by atoms with Gasteiger partial charge in [0.05, 0.1) is 24.5 Å². The van der Waals surface area contributed by atoms with E-state index in [2.05, 4.69) is 0 Å². The van der Waals surface area contributed by atoms with Gasteiger partial charge in [-0.25, -0.2) is 8.42 Å². The first-order valence-electron chi connectivity index (χ1n) is 7.89. The van der Waals surface area contributed by atoms with Crippen molar-refractivity contribution >= 4 is 27.3 Å². The number of hydrogen-bond donors (Lipinski definition) is 0. The lowest BCUT2D eigenvalue weighted by Crippen LogP contribution is -2.40. The molecule has 0 bridgehead atoms. The van der Waals surface area contributed by atoms with Crippen molar-refractivity contribution in [3.8, 4) is 0 Å². The lowest BCUT2D eigenvalue weighted by atomic mass is 10.2. The Kier molecular flexibility index (Phi) is 5.85. The minimum absolute atomic E-state index is 0.0510. The number of ether oxygens (including phenoxy) is 2. The minimum Gasteiger partial charge on any atom is -0.461 e. The quantitative estimate of drug-likeness (QED) is 0.716. The van der Waals surface area contributed by atoms with Crippen molar-refractivity contribution in [2.75, 3.05) is 26.3 Å². The lowest BCUT2D eigenvalue weighted by Gasteiger charge is -2.26. The molecule has 1 aromatic carbocycles. The molecule has 0 spiro atoms. The van der Waals surface area contributed by atoms with Crippen LogP contribution >= 0.6 is 11.3 Å². The molecule has 25 heavy (non-hydrogen) atoms. The molecule has 0 atom stereocenters. The summed E-state index contributed by atoms with van der Waals surface area (Å²) in [6, 6.07) is 8.40. The van der Waals surface area contributed by atoms with Crippen molar-refractivity contribution in [2.45, 2.75) is 17.9 Å². The topological polar surface area (TPSA) is 72.9 Å². The summed E-state index contributed by atoms with van der Waals surface area (Å²) in [5.74, 6) is -0.333. The van der Waals surface area contributed by atoms with Gasteiger partial charge >= 0.3 is 5.97 Å². The molecule has 1 fully saturated rings. The Morgan fingerprint density at radius 2 is 2.00 bits per heavy atom. The number of carbonyl (C=O) groups is 1. The predicted octanol–water partition coefficient (Wildman–Crippen LogP) is 2.05. The van der Waals surface area contributed by atoms with Crippen molar-refractivity contribution in [1.29, 1.82) is 0 Å². The van der Waals surface area contributed by atoms with Gasteiger partial charge in [-0.05, 0) is 40.1 Å². The van der Waals surface area contributed by atoms with Crippen LogP contribution in [0.4, 0.5) is 0 Å². The first-order valence-corrected chi connectivity index (χ1v) is 10.3. The predicted molar refractivity (Wildman–Crippen MR) is 93.8 cm³/mol. The molecule has 3 rings (SSSR count). The Balaban J connectivity index is 1.63. The molecule has 0 amide bonds. The van der Waals surface area contributed by atoms with Crippen LogP contribution in [-0.4, -0.2) is 45.0 Å². The molecular formula is C17H19NO5S2. The number of benzene rings is 1. The van der Waals surface area contributed by atoms with Gasteiger partial charge in [0.1, 0.15) is 6.61 Å². The first-order chi connectivity index (χ1) is 12.1. The summed E-state index contributed by atoms with van der Waals surface area (Å²) in [7, 11) is -3.55.